The number of carbonyl (C=O) groups is 1. The summed E-state index contributed by atoms with van der Waals surface area (Å²) in [5, 5.41) is 6.37. The number of ketones is 1. The van der Waals surface area contributed by atoms with Crippen LogP contribution in [0.25, 0.3) is 11.4 Å². The normalized spacial score (nSPS) is 14.0. The fraction of sp³-hybridized carbons (Fsp3) is 0.167. The number of nitrogens with zero attached hydrogens (tertiary/aromatic N) is 4. The zero-order valence-electron chi connectivity index (χ0n) is 13.4. The molecule has 1 fully saturated rings. The monoisotopic (exact) mass is 332 g/mol. The van der Waals surface area contributed by atoms with Crippen molar-refractivity contribution in [2.75, 3.05) is 10.6 Å². The number of benzene rings is 1. The second-order valence-corrected chi connectivity index (χ2v) is 5.82. The molecule has 0 bridgehead atoms. The fourth-order valence-electron chi connectivity index (χ4n) is 2.55. The maximum absolute atomic E-state index is 11.2. The SMILES string of the molecule is O=C1CC(Nc2nc(Nc3ccncc3)nc(-c3ccccc3)n2)C1. The lowest BCUT2D eigenvalue weighted by molar-refractivity contribution is -0.124. The van der Waals surface area contributed by atoms with E-state index in [1.165, 1.54) is 0 Å². The van der Waals surface area contributed by atoms with E-state index in [0.29, 0.717) is 30.6 Å². The van der Waals surface area contributed by atoms with E-state index in [2.05, 4.69) is 30.6 Å². The van der Waals surface area contributed by atoms with Gasteiger partial charge in [-0.3, -0.25) is 9.78 Å². The minimum Gasteiger partial charge on any atom is -0.350 e. The van der Waals surface area contributed by atoms with E-state index >= 15 is 0 Å². The molecule has 124 valence electrons. The number of nitrogens with one attached hydrogen (secondary N) is 2. The molecule has 2 heterocycles. The van der Waals surface area contributed by atoms with Gasteiger partial charge in [-0.2, -0.15) is 15.0 Å². The topological polar surface area (TPSA) is 92.7 Å². The summed E-state index contributed by atoms with van der Waals surface area (Å²) >= 11 is 0. The highest BCUT2D eigenvalue weighted by molar-refractivity contribution is 5.86. The fourth-order valence-corrected chi connectivity index (χ4v) is 2.55. The Kier molecular flexibility index (Phi) is 4.04. The van der Waals surface area contributed by atoms with Crippen LogP contribution in [0, 0.1) is 0 Å². The van der Waals surface area contributed by atoms with Crippen molar-refractivity contribution in [2.24, 2.45) is 0 Å². The standard InChI is InChI=1S/C18H16N6O/c25-15-10-14(11-15)21-18-23-16(12-4-2-1-3-5-12)22-17(24-18)20-13-6-8-19-9-7-13/h1-9,14H,10-11H2,(H2,19,20,21,22,23,24). The number of aromatic nitrogens is 4. The van der Waals surface area contributed by atoms with Crippen LogP contribution in [-0.4, -0.2) is 31.8 Å². The Bertz CT molecular complexity index is 877. The summed E-state index contributed by atoms with van der Waals surface area (Å²) in [5.74, 6) is 1.72. The van der Waals surface area contributed by atoms with Gasteiger partial charge >= 0.3 is 0 Å². The maximum atomic E-state index is 11.2. The minimum atomic E-state index is 0.0901. The molecule has 0 radical (unpaired) electrons. The molecule has 0 spiro atoms. The number of carbonyl (C=O) groups excluding carboxylic acids is 1. The molecule has 2 aromatic heterocycles. The maximum Gasteiger partial charge on any atom is 0.232 e. The van der Waals surface area contributed by atoms with Crippen LogP contribution in [0.15, 0.2) is 54.9 Å². The molecular weight excluding hydrogens is 316 g/mol. The van der Waals surface area contributed by atoms with Crippen LogP contribution in [0.2, 0.25) is 0 Å². The number of pyridine rings is 1. The van der Waals surface area contributed by atoms with Crippen LogP contribution in [0.5, 0.6) is 0 Å². The number of rotatable bonds is 5. The van der Waals surface area contributed by atoms with Gasteiger partial charge in [0.25, 0.3) is 0 Å². The summed E-state index contributed by atoms with van der Waals surface area (Å²) in [4.78, 5) is 28.6. The van der Waals surface area contributed by atoms with Crippen LogP contribution in [0.3, 0.4) is 0 Å². The van der Waals surface area contributed by atoms with Crippen molar-refractivity contribution in [3.8, 4) is 11.4 Å². The van der Waals surface area contributed by atoms with Crippen LogP contribution in [0.1, 0.15) is 12.8 Å². The van der Waals surface area contributed by atoms with Crippen molar-refractivity contribution in [1.82, 2.24) is 19.9 Å². The van der Waals surface area contributed by atoms with Gasteiger partial charge < -0.3 is 10.6 Å². The minimum absolute atomic E-state index is 0.0901. The number of Topliss-reactive ketones (excluding diaryl/α,β-unsaturated/α-hetero) is 1. The van der Waals surface area contributed by atoms with Gasteiger partial charge in [0, 0.05) is 42.5 Å². The first kappa shape index (κ1) is 15.2. The molecule has 1 aliphatic carbocycles. The molecule has 1 aliphatic rings. The van der Waals surface area contributed by atoms with E-state index in [4.69, 9.17) is 0 Å². The van der Waals surface area contributed by atoms with Gasteiger partial charge in [-0.05, 0) is 12.1 Å². The van der Waals surface area contributed by atoms with Crippen molar-refractivity contribution in [3.05, 3.63) is 54.9 Å². The third kappa shape index (κ3) is 3.60. The van der Waals surface area contributed by atoms with Gasteiger partial charge in [0.05, 0.1) is 0 Å². The molecule has 3 aromatic rings. The van der Waals surface area contributed by atoms with Crippen molar-refractivity contribution >= 4 is 23.4 Å². The Balaban J connectivity index is 1.66. The van der Waals surface area contributed by atoms with Crippen molar-refractivity contribution in [3.63, 3.8) is 0 Å². The second kappa shape index (κ2) is 6.64. The highest BCUT2D eigenvalue weighted by atomic mass is 16.1. The molecule has 0 atom stereocenters. The summed E-state index contributed by atoms with van der Waals surface area (Å²) in [6, 6.07) is 13.5. The van der Waals surface area contributed by atoms with Crippen LogP contribution < -0.4 is 10.6 Å². The van der Waals surface area contributed by atoms with Gasteiger partial charge in [-0.25, -0.2) is 0 Å². The van der Waals surface area contributed by atoms with E-state index in [9.17, 15) is 4.79 Å². The van der Waals surface area contributed by atoms with Crippen LogP contribution >= 0.6 is 0 Å². The van der Waals surface area contributed by atoms with Gasteiger partial charge in [0.1, 0.15) is 5.78 Å². The summed E-state index contributed by atoms with van der Waals surface area (Å²) in [7, 11) is 0. The quantitative estimate of drug-likeness (QED) is 0.742. The van der Waals surface area contributed by atoms with E-state index in [1.54, 1.807) is 12.4 Å². The molecular formula is C18H16N6O. The lowest BCUT2D eigenvalue weighted by Crippen LogP contribution is -2.36. The lowest BCUT2D eigenvalue weighted by atomic mass is 9.92. The van der Waals surface area contributed by atoms with Gasteiger partial charge in [0.2, 0.25) is 11.9 Å². The molecule has 4 rings (SSSR count). The summed E-state index contributed by atoms with van der Waals surface area (Å²) < 4.78 is 0. The van der Waals surface area contributed by atoms with Crippen LogP contribution in [0.4, 0.5) is 17.6 Å². The summed E-state index contributed by atoms with van der Waals surface area (Å²) in [6.45, 7) is 0. The Labute approximate surface area is 144 Å². The third-order valence-corrected chi connectivity index (χ3v) is 3.89. The van der Waals surface area contributed by atoms with Crippen molar-refractivity contribution < 1.29 is 4.79 Å². The molecule has 7 heteroatoms. The van der Waals surface area contributed by atoms with Crippen LogP contribution in [-0.2, 0) is 4.79 Å². The molecule has 1 aromatic carbocycles. The number of hydrogen-bond acceptors (Lipinski definition) is 7. The Hall–Kier alpha value is -3.35. The first-order chi connectivity index (χ1) is 12.3. The second-order valence-electron chi connectivity index (χ2n) is 5.82. The Morgan fingerprint density at radius 1 is 0.880 bits per heavy atom. The van der Waals surface area contributed by atoms with Crippen molar-refractivity contribution in [2.45, 2.75) is 18.9 Å². The molecule has 7 nitrogen and oxygen atoms in total. The van der Waals surface area contributed by atoms with Crippen molar-refractivity contribution in [1.29, 1.82) is 0 Å². The zero-order valence-corrected chi connectivity index (χ0v) is 13.4. The van der Waals surface area contributed by atoms with E-state index in [-0.39, 0.29) is 11.8 Å². The molecule has 2 N–H and O–H groups in total. The molecule has 0 saturated heterocycles. The highest BCUT2D eigenvalue weighted by Gasteiger charge is 2.27. The van der Waals surface area contributed by atoms with Gasteiger partial charge in [0.15, 0.2) is 5.82 Å². The molecule has 0 aliphatic heterocycles. The molecule has 1 saturated carbocycles. The van der Waals surface area contributed by atoms with Gasteiger partial charge in [-0.15, -0.1) is 0 Å². The predicted molar refractivity (Wildman–Crippen MR) is 94.4 cm³/mol. The highest BCUT2D eigenvalue weighted by Crippen LogP contribution is 2.23. The zero-order chi connectivity index (χ0) is 17.1. The first-order valence-corrected chi connectivity index (χ1v) is 8.03. The third-order valence-electron chi connectivity index (χ3n) is 3.89. The van der Waals surface area contributed by atoms with Gasteiger partial charge in [-0.1, -0.05) is 30.3 Å². The average molecular weight is 332 g/mol. The largest absolute Gasteiger partial charge is 0.350 e. The predicted octanol–water partition coefficient (Wildman–Crippen LogP) is 2.82. The smallest absolute Gasteiger partial charge is 0.232 e. The number of hydrogen-bond donors (Lipinski definition) is 2. The first-order valence-electron chi connectivity index (χ1n) is 8.03. The average Bonchev–Trinajstić information content (AvgIpc) is 2.62. The Morgan fingerprint density at radius 3 is 2.32 bits per heavy atom. The summed E-state index contributed by atoms with van der Waals surface area (Å²) in [6.07, 6.45) is 4.42. The molecule has 0 amide bonds. The summed E-state index contributed by atoms with van der Waals surface area (Å²) in [5.41, 5.74) is 1.74. The molecule has 25 heavy (non-hydrogen) atoms. The van der Waals surface area contributed by atoms with E-state index in [0.717, 1.165) is 11.3 Å². The lowest BCUT2D eigenvalue weighted by Gasteiger charge is -2.25. The molecule has 0 unspecified atom stereocenters. The Morgan fingerprint density at radius 2 is 1.60 bits per heavy atom. The van der Waals surface area contributed by atoms with E-state index < -0.39 is 0 Å². The van der Waals surface area contributed by atoms with E-state index in [1.807, 2.05) is 42.5 Å². The number of anilines is 3.